The van der Waals surface area contributed by atoms with Crippen molar-refractivity contribution in [2.24, 2.45) is 0 Å². The average molecular weight is 304 g/mol. The van der Waals surface area contributed by atoms with Crippen LogP contribution >= 0.6 is 0 Å². The third kappa shape index (κ3) is 2.64. The molecule has 1 fully saturated rings. The van der Waals surface area contributed by atoms with E-state index in [-0.39, 0.29) is 17.2 Å². The lowest BCUT2D eigenvalue weighted by atomic mass is 10.1. The molecule has 0 radical (unpaired) electrons. The van der Waals surface area contributed by atoms with Crippen LogP contribution in [0.4, 0.5) is 0 Å². The Morgan fingerprint density at radius 1 is 1.45 bits per heavy atom. The van der Waals surface area contributed by atoms with Gasteiger partial charge in [0.2, 0.25) is 0 Å². The van der Waals surface area contributed by atoms with Crippen molar-refractivity contribution in [1.82, 2.24) is 19.9 Å². The van der Waals surface area contributed by atoms with Crippen molar-refractivity contribution in [2.75, 3.05) is 19.8 Å². The zero-order chi connectivity index (χ0) is 15.7. The van der Waals surface area contributed by atoms with Gasteiger partial charge in [-0.1, -0.05) is 0 Å². The summed E-state index contributed by atoms with van der Waals surface area (Å²) in [5.74, 6) is 0.711. The number of aromatic amines is 1. The highest BCUT2D eigenvalue weighted by Crippen LogP contribution is 2.24. The second kappa shape index (κ2) is 5.72. The number of rotatable bonds is 2. The van der Waals surface area contributed by atoms with Gasteiger partial charge in [0.25, 0.3) is 11.5 Å². The normalized spacial score (nSPS) is 18.5. The van der Waals surface area contributed by atoms with E-state index < -0.39 is 6.04 Å². The largest absolute Gasteiger partial charge is 0.448 e. The molecular formula is C14H16N4O4. The van der Waals surface area contributed by atoms with Gasteiger partial charge >= 0.3 is 0 Å². The second-order valence-electron chi connectivity index (χ2n) is 5.10. The Kier molecular flexibility index (Phi) is 3.76. The van der Waals surface area contributed by atoms with E-state index in [4.69, 9.17) is 9.15 Å². The van der Waals surface area contributed by atoms with Crippen LogP contribution < -0.4 is 5.56 Å². The first-order chi connectivity index (χ1) is 10.6. The summed E-state index contributed by atoms with van der Waals surface area (Å²) in [5.41, 5.74) is 0.530. The number of hydrogen-bond acceptors (Lipinski definition) is 6. The molecule has 3 rings (SSSR count). The molecule has 1 N–H and O–H groups in total. The Morgan fingerprint density at radius 3 is 2.95 bits per heavy atom. The number of nitrogens with zero attached hydrogens (tertiary/aromatic N) is 3. The molecule has 0 bridgehead atoms. The molecule has 1 atom stereocenters. The zero-order valence-electron chi connectivity index (χ0n) is 12.3. The van der Waals surface area contributed by atoms with Crippen LogP contribution in [0.25, 0.3) is 0 Å². The van der Waals surface area contributed by atoms with Crippen LogP contribution in [-0.2, 0) is 4.74 Å². The number of aromatic nitrogens is 3. The van der Waals surface area contributed by atoms with Crippen molar-refractivity contribution in [3.63, 3.8) is 0 Å². The zero-order valence-corrected chi connectivity index (χ0v) is 12.3. The monoisotopic (exact) mass is 304 g/mol. The lowest BCUT2D eigenvalue weighted by Gasteiger charge is -2.34. The highest BCUT2D eigenvalue weighted by molar-refractivity contribution is 5.93. The smallest absolute Gasteiger partial charge is 0.276 e. The molecule has 2 aromatic heterocycles. The summed E-state index contributed by atoms with van der Waals surface area (Å²) in [7, 11) is 0. The van der Waals surface area contributed by atoms with Gasteiger partial charge in [0.1, 0.15) is 11.6 Å². The van der Waals surface area contributed by atoms with E-state index in [0.29, 0.717) is 37.0 Å². The summed E-state index contributed by atoms with van der Waals surface area (Å²) in [6, 6.07) is 0.973. The Balaban J connectivity index is 1.96. The van der Waals surface area contributed by atoms with Gasteiger partial charge in [-0.15, -0.1) is 0 Å². The van der Waals surface area contributed by atoms with Crippen molar-refractivity contribution < 1.29 is 13.9 Å². The molecule has 0 aromatic carbocycles. The molecular weight excluding hydrogens is 288 g/mol. The van der Waals surface area contributed by atoms with Crippen molar-refractivity contribution >= 4 is 5.91 Å². The molecule has 116 valence electrons. The lowest BCUT2D eigenvalue weighted by molar-refractivity contribution is -0.00437. The molecule has 8 nitrogen and oxygen atoms in total. The number of hydrogen-bond donors (Lipinski definition) is 1. The summed E-state index contributed by atoms with van der Waals surface area (Å²) < 4.78 is 10.5. The van der Waals surface area contributed by atoms with Crippen LogP contribution in [0.5, 0.6) is 0 Å². The number of ether oxygens (including phenoxy) is 1. The predicted molar refractivity (Wildman–Crippen MR) is 75.4 cm³/mol. The molecule has 0 aliphatic carbocycles. The molecule has 1 aliphatic heterocycles. The van der Waals surface area contributed by atoms with Gasteiger partial charge in [-0.3, -0.25) is 9.59 Å². The van der Waals surface area contributed by atoms with Crippen LogP contribution in [-0.4, -0.2) is 45.5 Å². The van der Waals surface area contributed by atoms with Crippen molar-refractivity contribution in [1.29, 1.82) is 0 Å². The topological polar surface area (TPSA) is 101 Å². The van der Waals surface area contributed by atoms with Crippen molar-refractivity contribution in [3.8, 4) is 0 Å². The van der Waals surface area contributed by atoms with E-state index in [1.807, 2.05) is 0 Å². The fraction of sp³-hybridized carbons (Fsp3) is 0.429. The number of morpholine rings is 1. The molecule has 0 saturated carbocycles. The van der Waals surface area contributed by atoms with Crippen LogP contribution in [0.1, 0.15) is 33.8 Å². The Bertz CT molecular complexity index is 751. The maximum absolute atomic E-state index is 12.7. The highest BCUT2D eigenvalue weighted by atomic mass is 16.5. The molecule has 0 spiro atoms. The maximum atomic E-state index is 12.7. The van der Waals surface area contributed by atoms with Crippen LogP contribution in [0.15, 0.2) is 21.7 Å². The lowest BCUT2D eigenvalue weighted by Crippen LogP contribution is -2.44. The quantitative estimate of drug-likeness (QED) is 0.871. The highest BCUT2D eigenvalue weighted by Gasteiger charge is 2.32. The molecule has 0 unspecified atom stereocenters. The van der Waals surface area contributed by atoms with Gasteiger partial charge in [0.15, 0.2) is 12.1 Å². The van der Waals surface area contributed by atoms with Gasteiger partial charge in [0.05, 0.1) is 24.9 Å². The Morgan fingerprint density at radius 2 is 2.27 bits per heavy atom. The molecule has 2 aromatic rings. The van der Waals surface area contributed by atoms with Crippen LogP contribution in [0, 0.1) is 13.8 Å². The molecule has 22 heavy (non-hydrogen) atoms. The van der Waals surface area contributed by atoms with Crippen molar-refractivity contribution in [3.05, 3.63) is 45.8 Å². The Hall–Kier alpha value is -2.48. The Labute approximate surface area is 126 Å². The average Bonchev–Trinajstić information content (AvgIpc) is 2.91. The summed E-state index contributed by atoms with van der Waals surface area (Å²) in [4.78, 5) is 36.8. The number of amides is 1. The fourth-order valence-electron chi connectivity index (χ4n) is 2.51. The predicted octanol–water partition coefficient (Wildman–Crippen LogP) is 0.588. The molecule has 1 aliphatic rings. The molecule has 8 heteroatoms. The minimum atomic E-state index is -0.418. The van der Waals surface area contributed by atoms with E-state index in [1.165, 1.54) is 12.5 Å². The number of carbonyl (C=O) groups is 1. The summed E-state index contributed by atoms with van der Waals surface area (Å²) in [5, 5.41) is 0. The molecule has 1 saturated heterocycles. The minimum Gasteiger partial charge on any atom is -0.448 e. The minimum absolute atomic E-state index is 0.251. The second-order valence-corrected chi connectivity index (χ2v) is 5.10. The number of H-pyrrole nitrogens is 1. The van der Waals surface area contributed by atoms with Gasteiger partial charge in [-0.25, -0.2) is 9.97 Å². The number of oxazole rings is 1. The third-order valence-electron chi connectivity index (χ3n) is 3.56. The number of aryl methyl sites for hydroxylation is 2. The van der Waals surface area contributed by atoms with E-state index in [1.54, 1.807) is 18.7 Å². The summed E-state index contributed by atoms with van der Waals surface area (Å²) >= 11 is 0. The first-order valence-electron chi connectivity index (χ1n) is 6.93. The first kappa shape index (κ1) is 14.5. The molecule has 3 heterocycles. The molecule has 1 amide bonds. The van der Waals surface area contributed by atoms with Crippen molar-refractivity contribution in [2.45, 2.75) is 19.9 Å². The van der Waals surface area contributed by atoms with E-state index in [0.717, 1.165) is 0 Å². The van der Waals surface area contributed by atoms with Gasteiger partial charge in [0, 0.05) is 12.6 Å². The van der Waals surface area contributed by atoms with Gasteiger partial charge in [-0.2, -0.15) is 0 Å². The fourth-order valence-corrected chi connectivity index (χ4v) is 2.51. The number of carbonyl (C=O) groups excluding carboxylic acids is 1. The maximum Gasteiger partial charge on any atom is 0.276 e. The third-order valence-corrected chi connectivity index (χ3v) is 3.56. The number of nitrogens with one attached hydrogen (secondary N) is 1. The standard InChI is InChI=1S/C14H16N4O4/c1-8-13(15-7-22-8)14(20)18-3-4-21-6-11(18)10-5-12(19)17-9(2)16-10/h5,7,11H,3-4,6H2,1-2H3,(H,16,17,19)/t11-/m1/s1. The van der Waals surface area contributed by atoms with E-state index in [9.17, 15) is 9.59 Å². The van der Waals surface area contributed by atoms with E-state index in [2.05, 4.69) is 15.0 Å². The summed E-state index contributed by atoms with van der Waals surface area (Å²) in [6.07, 6.45) is 1.24. The van der Waals surface area contributed by atoms with Crippen LogP contribution in [0.3, 0.4) is 0 Å². The van der Waals surface area contributed by atoms with Gasteiger partial charge < -0.3 is 19.0 Å². The van der Waals surface area contributed by atoms with Gasteiger partial charge in [-0.05, 0) is 13.8 Å². The first-order valence-corrected chi connectivity index (χ1v) is 6.93. The summed E-state index contributed by atoms with van der Waals surface area (Å²) in [6.45, 7) is 4.51. The van der Waals surface area contributed by atoms with E-state index >= 15 is 0 Å². The van der Waals surface area contributed by atoms with Crippen LogP contribution in [0.2, 0.25) is 0 Å². The SMILES string of the molecule is Cc1nc([C@H]2COCCN2C(=O)c2ncoc2C)cc(=O)[nH]1.